The molecule has 0 saturated carbocycles. The predicted octanol–water partition coefficient (Wildman–Crippen LogP) is 5.31. The summed E-state index contributed by atoms with van der Waals surface area (Å²) in [6, 6.07) is 12.9. The highest BCUT2D eigenvalue weighted by Gasteiger charge is 2.20. The lowest BCUT2D eigenvalue weighted by Gasteiger charge is -2.12. The third-order valence-corrected chi connectivity index (χ3v) is 5.93. The molecule has 0 saturated heterocycles. The normalized spacial score (nSPS) is 11.5. The Hall–Kier alpha value is -2.84. The van der Waals surface area contributed by atoms with E-state index in [0.717, 1.165) is 0 Å². The number of nitriles is 1. The van der Waals surface area contributed by atoms with Crippen LogP contribution in [0.4, 0.5) is 4.39 Å². The Morgan fingerprint density at radius 1 is 1.26 bits per heavy atom. The van der Waals surface area contributed by atoms with Crippen molar-refractivity contribution in [3.05, 3.63) is 80.8 Å². The highest BCUT2D eigenvalue weighted by molar-refractivity contribution is 9.10. The average molecular weight is 568 g/mol. The molecule has 0 bridgehead atoms. The third kappa shape index (κ3) is 5.45. The number of hydrogen-bond donors (Lipinski definition) is 2. The highest BCUT2D eigenvalue weighted by atomic mass is 79.9. The number of phosphoric acid groups is 1. The number of aromatic nitrogens is 3. The van der Waals surface area contributed by atoms with Crippen LogP contribution in [0.15, 0.2) is 53.1 Å². The fraction of sp³-hybridized carbons (Fsp3) is 0.0952. The van der Waals surface area contributed by atoms with E-state index in [1.807, 2.05) is 6.07 Å². The van der Waals surface area contributed by atoms with Gasteiger partial charge in [0.15, 0.2) is 23.9 Å². The summed E-state index contributed by atoms with van der Waals surface area (Å²) < 4.78 is 38.3. The highest BCUT2D eigenvalue weighted by Crippen LogP contribution is 2.38. The Morgan fingerprint density at radius 2 is 2.06 bits per heavy atom. The van der Waals surface area contributed by atoms with Gasteiger partial charge >= 0.3 is 7.82 Å². The van der Waals surface area contributed by atoms with Crippen LogP contribution in [0, 0.1) is 17.1 Å². The summed E-state index contributed by atoms with van der Waals surface area (Å²) in [5.41, 5.74) is 1.24. The van der Waals surface area contributed by atoms with Crippen molar-refractivity contribution in [1.29, 1.82) is 5.26 Å². The van der Waals surface area contributed by atoms with Crippen LogP contribution in [0.2, 0.25) is 5.02 Å². The van der Waals surface area contributed by atoms with Gasteiger partial charge in [0.2, 0.25) is 0 Å². The quantitative estimate of drug-likeness (QED) is 0.288. The number of pyridine rings is 1. The molecule has 174 valence electrons. The summed E-state index contributed by atoms with van der Waals surface area (Å²) in [6.45, 7) is -0.537. The summed E-state index contributed by atoms with van der Waals surface area (Å²) in [6.07, 6.45) is 1.52. The van der Waals surface area contributed by atoms with Gasteiger partial charge in [-0.1, -0.05) is 17.7 Å². The van der Waals surface area contributed by atoms with Gasteiger partial charge in [0, 0.05) is 23.0 Å². The van der Waals surface area contributed by atoms with Gasteiger partial charge in [0.25, 0.3) is 0 Å². The molecule has 0 fully saturated rings. The number of benzene rings is 2. The topological polar surface area (TPSA) is 130 Å². The summed E-state index contributed by atoms with van der Waals surface area (Å²) >= 11 is 9.29. The summed E-state index contributed by atoms with van der Waals surface area (Å²) in [5, 5.41) is 14.3. The zero-order valence-corrected chi connectivity index (χ0v) is 20.3. The molecule has 0 unspecified atom stereocenters. The number of rotatable bonds is 7. The van der Waals surface area contributed by atoms with Gasteiger partial charge in [-0.15, -0.1) is 0 Å². The van der Waals surface area contributed by atoms with E-state index in [9.17, 15) is 4.57 Å². The lowest BCUT2D eigenvalue weighted by atomic mass is 10.1. The largest absolute Gasteiger partial charge is 0.471 e. The van der Waals surface area contributed by atoms with E-state index in [4.69, 9.17) is 31.4 Å². The minimum Gasteiger partial charge on any atom is -0.453 e. The first-order chi connectivity index (χ1) is 16.1. The van der Waals surface area contributed by atoms with E-state index < -0.39 is 20.4 Å². The standard InChI is InChI=1S/C21H14BrClFN4O5P/c22-17-4-3-13(19(24)20(17)33-15-7-12(10-25)6-14(23)9-15)8-18-16-2-1-5-26-21(16)28(27-18)11-32-34(29,30)31/h1-7,9H,8,11H2,(H2,29,30,31). The number of phosphoric ester groups is 1. The Kier molecular flexibility index (Phi) is 7.00. The second kappa shape index (κ2) is 9.80. The fourth-order valence-electron chi connectivity index (χ4n) is 3.21. The monoisotopic (exact) mass is 566 g/mol. The molecule has 0 radical (unpaired) electrons. The third-order valence-electron chi connectivity index (χ3n) is 4.64. The molecule has 0 aliphatic rings. The molecule has 0 atom stereocenters. The first kappa shape index (κ1) is 24.3. The zero-order valence-electron chi connectivity index (χ0n) is 17.0. The van der Waals surface area contributed by atoms with Crippen LogP contribution in [-0.4, -0.2) is 24.6 Å². The molecule has 0 amide bonds. The molecule has 2 heterocycles. The minimum atomic E-state index is -4.73. The van der Waals surface area contributed by atoms with E-state index in [1.165, 1.54) is 29.1 Å². The van der Waals surface area contributed by atoms with E-state index in [-0.39, 0.29) is 34.1 Å². The molecule has 34 heavy (non-hydrogen) atoms. The number of fused-ring (bicyclic) bond motifs is 1. The molecule has 0 aliphatic heterocycles. The van der Waals surface area contributed by atoms with E-state index in [2.05, 4.69) is 30.5 Å². The van der Waals surface area contributed by atoms with Crippen molar-refractivity contribution in [2.45, 2.75) is 13.2 Å². The Morgan fingerprint density at radius 3 is 2.79 bits per heavy atom. The Balaban J connectivity index is 1.69. The molecule has 0 aliphatic carbocycles. The Bertz CT molecular complexity index is 1490. The molecule has 0 spiro atoms. The van der Waals surface area contributed by atoms with Gasteiger partial charge < -0.3 is 14.5 Å². The van der Waals surface area contributed by atoms with Crippen molar-refractivity contribution in [3.8, 4) is 17.6 Å². The van der Waals surface area contributed by atoms with Crippen molar-refractivity contribution < 1.29 is 28.0 Å². The number of ether oxygens (including phenoxy) is 1. The van der Waals surface area contributed by atoms with Crippen molar-refractivity contribution in [2.24, 2.45) is 0 Å². The molecule has 4 rings (SSSR count). The van der Waals surface area contributed by atoms with Crippen LogP contribution in [0.25, 0.3) is 11.0 Å². The van der Waals surface area contributed by atoms with Crippen LogP contribution < -0.4 is 4.74 Å². The molecule has 2 aromatic carbocycles. The van der Waals surface area contributed by atoms with Gasteiger partial charge in [-0.05, 0) is 57.9 Å². The molecule has 4 aromatic rings. The van der Waals surface area contributed by atoms with E-state index in [1.54, 1.807) is 24.3 Å². The number of hydrogen-bond acceptors (Lipinski definition) is 6. The predicted molar refractivity (Wildman–Crippen MR) is 124 cm³/mol. The van der Waals surface area contributed by atoms with Crippen LogP contribution in [0.5, 0.6) is 11.5 Å². The lowest BCUT2D eigenvalue weighted by Crippen LogP contribution is -2.05. The first-order valence-corrected chi connectivity index (χ1v) is 12.2. The lowest BCUT2D eigenvalue weighted by molar-refractivity contribution is 0.147. The van der Waals surface area contributed by atoms with Crippen molar-refractivity contribution in [3.63, 3.8) is 0 Å². The van der Waals surface area contributed by atoms with Crippen LogP contribution in [0.1, 0.15) is 16.8 Å². The van der Waals surface area contributed by atoms with Gasteiger partial charge in [0.05, 0.1) is 21.8 Å². The SMILES string of the molecule is N#Cc1cc(Cl)cc(Oc2c(Br)ccc(Cc3nn(COP(=O)(O)O)c4ncccc34)c2F)c1. The summed E-state index contributed by atoms with van der Waals surface area (Å²) in [5.74, 6) is -0.574. The fourth-order valence-corrected chi connectivity index (χ4v) is 4.09. The van der Waals surface area contributed by atoms with Crippen LogP contribution >= 0.6 is 35.4 Å². The first-order valence-electron chi connectivity index (χ1n) is 9.50. The second-order valence-electron chi connectivity index (χ2n) is 6.99. The Labute approximate surface area is 205 Å². The maximum Gasteiger partial charge on any atom is 0.471 e. The van der Waals surface area contributed by atoms with Crippen LogP contribution in [-0.2, 0) is 22.2 Å². The maximum atomic E-state index is 15.5. The molecular formula is C21H14BrClFN4O5P. The van der Waals surface area contributed by atoms with Gasteiger partial charge in [-0.3, -0.25) is 4.52 Å². The van der Waals surface area contributed by atoms with Crippen molar-refractivity contribution in [1.82, 2.24) is 14.8 Å². The minimum absolute atomic E-state index is 0.0273. The van der Waals surface area contributed by atoms with Crippen molar-refractivity contribution in [2.75, 3.05) is 0 Å². The summed E-state index contributed by atoms with van der Waals surface area (Å²) in [7, 11) is -4.73. The van der Waals surface area contributed by atoms with E-state index in [0.29, 0.717) is 21.2 Å². The van der Waals surface area contributed by atoms with E-state index >= 15 is 4.39 Å². The maximum absolute atomic E-state index is 15.5. The number of nitrogens with zero attached hydrogens (tertiary/aromatic N) is 4. The average Bonchev–Trinajstić information content (AvgIpc) is 3.14. The smallest absolute Gasteiger partial charge is 0.453 e. The van der Waals surface area contributed by atoms with Crippen molar-refractivity contribution >= 4 is 46.4 Å². The van der Waals surface area contributed by atoms with Gasteiger partial charge in [0.1, 0.15) is 5.75 Å². The zero-order chi connectivity index (χ0) is 24.5. The molecule has 13 heteroatoms. The molecule has 9 nitrogen and oxygen atoms in total. The molecule has 2 N–H and O–H groups in total. The van der Waals surface area contributed by atoms with Crippen LogP contribution in [0.3, 0.4) is 0 Å². The van der Waals surface area contributed by atoms with Gasteiger partial charge in [-0.2, -0.15) is 10.4 Å². The number of halogens is 3. The summed E-state index contributed by atoms with van der Waals surface area (Å²) in [4.78, 5) is 22.2. The molecule has 2 aromatic heterocycles. The second-order valence-corrected chi connectivity index (χ2v) is 9.52. The molecular weight excluding hydrogens is 554 g/mol. The van der Waals surface area contributed by atoms with Gasteiger partial charge in [-0.25, -0.2) is 18.6 Å².